The molecule has 0 aromatic heterocycles. The summed E-state index contributed by atoms with van der Waals surface area (Å²) in [6.07, 6.45) is 0. The first-order chi connectivity index (χ1) is 11.7. The van der Waals surface area contributed by atoms with Gasteiger partial charge in [0.25, 0.3) is 0 Å². The lowest BCUT2D eigenvalue weighted by molar-refractivity contribution is 0.103. The van der Waals surface area contributed by atoms with Crippen LogP contribution in [0.5, 0.6) is 11.5 Å². The Morgan fingerprint density at radius 2 is 1.42 bits per heavy atom. The van der Waals surface area contributed by atoms with Crippen LogP contribution in [0.3, 0.4) is 0 Å². The number of carbonyl (C=O) groups is 1. The molecule has 0 heterocycles. The monoisotopic (exact) mass is 318 g/mol. The Morgan fingerprint density at radius 1 is 0.750 bits per heavy atom. The molecule has 3 nitrogen and oxygen atoms in total. The van der Waals surface area contributed by atoms with Crippen molar-refractivity contribution in [2.45, 2.75) is 0 Å². The highest BCUT2D eigenvalue weighted by Crippen LogP contribution is 2.27. The number of carbonyl (C=O) groups excluding carboxylic acids is 1. The Morgan fingerprint density at radius 3 is 2.04 bits per heavy atom. The summed E-state index contributed by atoms with van der Waals surface area (Å²) in [6.45, 7) is 0. The van der Waals surface area contributed by atoms with Crippen LogP contribution in [0, 0.1) is 0 Å². The van der Waals surface area contributed by atoms with Crippen molar-refractivity contribution in [3.05, 3.63) is 83.9 Å². The van der Waals surface area contributed by atoms with Gasteiger partial charge in [0.05, 0.1) is 19.8 Å². The normalized spacial score (nSPS) is 10.2. The number of methoxy groups -OCH3 is 2. The van der Waals surface area contributed by atoms with Crippen molar-refractivity contribution < 1.29 is 14.3 Å². The van der Waals surface area contributed by atoms with Crippen molar-refractivity contribution in [3.8, 4) is 22.6 Å². The topological polar surface area (TPSA) is 35.5 Å². The number of hydrogen-bond donors (Lipinski definition) is 0. The average Bonchev–Trinajstić information content (AvgIpc) is 2.67. The van der Waals surface area contributed by atoms with Crippen LogP contribution in [0.2, 0.25) is 0 Å². The molecule has 0 bridgehead atoms. The fraction of sp³-hybridized carbons (Fsp3) is 0.0952. The summed E-state index contributed by atoms with van der Waals surface area (Å²) < 4.78 is 10.5. The molecule has 0 fully saturated rings. The third-order valence-corrected chi connectivity index (χ3v) is 3.91. The molecule has 0 amide bonds. The maximum absolute atomic E-state index is 12.8. The zero-order valence-corrected chi connectivity index (χ0v) is 13.7. The van der Waals surface area contributed by atoms with Crippen LogP contribution in [0.1, 0.15) is 15.9 Å². The molecular weight excluding hydrogens is 300 g/mol. The molecule has 0 atom stereocenters. The Bertz CT molecular complexity index is 837. The van der Waals surface area contributed by atoms with Gasteiger partial charge in [0, 0.05) is 11.6 Å². The smallest absolute Gasteiger partial charge is 0.196 e. The first-order valence-corrected chi connectivity index (χ1v) is 7.65. The van der Waals surface area contributed by atoms with Crippen molar-refractivity contribution >= 4 is 5.78 Å². The van der Waals surface area contributed by atoms with Crippen molar-refractivity contribution in [2.75, 3.05) is 14.2 Å². The summed E-state index contributed by atoms with van der Waals surface area (Å²) in [5.41, 5.74) is 3.34. The number of ketones is 1. The summed E-state index contributed by atoms with van der Waals surface area (Å²) in [4.78, 5) is 12.8. The van der Waals surface area contributed by atoms with Crippen LogP contribution in [-0.4, -0.2) is 20.0 Å². The van der Waals surface area contributed by atoms with Gasteiger partial charge in [-0.15, -0.1) is 0 Å². The van der Waals surface area contributed by atoms with Gasteiger partial charge in [-0.1, -0.05) is 54.6 Å². The Hall–Kier alpha value is -3.07. The van der Waals surface area contributed by atoms with Gasteiger partial charge < -0.3 is 9.47 Å². The molecule has 3 rings (SSSR count). The molecule has 0 aliphatic carbocycles. The van der Waals surface area contributed by atoms with Crippen LogP contribution in [0.15, 0.2) is 72.8 Å². The van der Waals surface area contributed by atoms with E-state index in [1.165, 1.54) is 0 Å². The van der Waals surface area contributed by atoms with Crippen LogP contribution in [0.25, 0.3) is 11.1 Å². The van der Waals surface area contributed by atoms with E-state index in [2.05, 4.69) is 0 Å². The van der Waals surface area contributed by atoms with E-state index in [0.717, 1.165) is 11.1 Å². The molecule has 0 N–H and O–H groups in total. The van der Waals surface area contributed by atoms with Gasteiger partial charge >= 0.3 is 0 Å². The van der Waals surface area contributed by atoms with Crippen molar-refractivity contribution in [3.63, 3.8) is 0 Å². The van der Waals surface area contributed by atoms with E-state index >= 15 is 0 Å². The minimum Gasteiger partial charge on any atom is -0.497 e. The Labute approximate surface area is 141 Å². The van der Waals surface area contributed by atoms with E-state index in [9.17, 15) is 4.79 Å². The van der Waals surface area contributed by atoms with Gasteiger partial charge in [-0.3, -0.25) is 4.79 Å². The van der Waals surface area contributed by atoms with E-state index in [4.69, 9.17) is 9.47 Å². The molecule has 24 heavy (non-hydrogen) atoms. The molecule has 0 aliphatic heterocycles. The van der Waals surface area contributed by atoms with Crippen molar-refractivity contribution in [1.29, 1.82) is 0 Å². The molecule has 3 aromatic rings. The zero-order valence-electron chi connectivity index (χ0n) is 13.7. The highest BCUT2D eigenvalue weighted by Gasteiger charge is 2.15. The first-order valence-electron chi connectivity index (χ1n) is 7.65. The number of ether oxygens (including phenoxy) is 2. The molecule has 0 aliphatic rings. The summed E-state index contributed by atoms with van der Waals surface area (Å²) in [5, 5.41) is 0. The summed E-state index contributed by atoms with van der Waals surface area (Å²) in [6, 6.07) is 22.9. The van der Waals surface area contributed by atoms with Crippen molar-refractivity contribution in [2.24, 2.45) is 0 Å². The predicted molar refractivity (Wildman–Crippen MR) is 94.9 cm³/mol. The largest absolute Gasteiger partial charge is 0.497 e. The second-order valence-electron chi connectivity index (χ2n) is 5.34. The standard InChI is InChI=1S/C21H18O3/c1-23-18-12-13-19(20(14-18)24-2)21(22)17-10-8-16(9-11-17)15-6-4-3-5-7-15/h3-14H,1-2H3. The first kappa shape index (κ1) is 15.8. The van der Waals surface area contributed by atoms with Crippen molar-refractivity contribution in [1.82, 2.24) is 0 Å². The van der Waals surface area contributed by atoms with E-state index in [-0.39, 0.29) is 5.78 Å². The van der Waals surface area contributed by atoms with E-state index in [1.807, 2.05) is 54.6 Å². The lowest BCUT2D eigenvalue weighted by atomic mass is 9.99. The summed E-state index contributed by atoms with van der Waals surface area (Å²) in [5.74, 6) is 1.09. The lowest BCUT2D eigenvalue weighted by Crippen LogP contribution is -2.04. The summed E-state index contributed by atoms with van der Waals surface area (Å²) >= 11 is 0. The molecule has 0 spiro atoms. The fourth-order valence-electron chi connectivity index (χ4n) is 2.59. The maximum Gasteiger partial charge on any atom is 0.196 e. The van der Waals surface area contributed by atoms with E-state index in [1.54, 1.807) is 32.4 Å². The van der Waals surface area contributed by atoms with Gasteiger partial charge in [0.15, 0.2) is 5.78 Å². The van der Waals surface area contributed by atoms with Crippen LogP contribution in [0.4, 0.5) is 0 Å². The van der Waals surface area contributed by atoms with E-state index in [0.29, 0.717) is 22.6 Å². The highest BCUT2D eigenvalue weighted by atomic mass is 16.5. The van der Waals surface area contributed by atoms with Gasteiger partial charge in [-0.2, -0.15) is 0 Å². The number of benzene rings is 3. The van der Waals surface area contributed by atoms with Gasteiger partial charge in [-0.25, -0.2) is 0 Å². The number of hydrogen-bond acceptors (Lipinski definition) is 3. The van der Waals surface area contributed by atoms with Crippen LogP contribution < -0.4 is 9.47 Å². The second kappa shape index (κ2) is 7.01. The summed E-state index contributed by atoms with van der Waals surface area (Å²) in [7, 11) is 3.13. The Kier molecular flexibility index (Phi) is 4.62. The minimum atomic E-state index is -0.0749. The highest BCUT2D eigenvalue weighted by molar-refractivity contribution is 6.11. The maximum atomic E-state index is 12.8. The van der Waals surface area contributed by atoms with Gasteiger partial charge in [0.2, 0.25) is 0 Å². The number of rotatable bonds is 5. The second-order valence-corrected chi connectivity index (χ2v) is 5.34. The van der Waals surface area contributed by atoms with Gasteiger partial charge in [-0.05, 0) is 23.3 Å². The minimum absolute atomic E-state index is 0.0749. The van der Waals surface area contributed by atoms with Gasteiger partial charge in [0.1, 0.15) is 11.5 Å². The lowest BCUT2D eigenvalue weighted by Gasteiger charge is -2.10. The average molecular weight is 318 g/mol. The molecule has 0 unspecified atom stereocenters. The Balaban J connectivity index is 1.91. The molecular formula is C21H18O3. The van der Waals surface area contributed by atoms with E-state index < -0.39 is 0 Å². The zero-order chi connectivity index (χ0) is 16.9. The molecule has 0 saturated carbocycles. The molecule has 3 aromatic carbocycles. The molecule has 120 valence electrons. The SMILES string of the molecule is COc1ccc(C(=O)c2ccc(-c3ccccc3)cc2)c(OC)c1. The molecule has 0 radical (unpaired) electrons. The third-order valence-electron chi connectivity index (χ3n) is 3.91. The molecule has 0 saturated heterocycles. The molecule has 3 heteroatoms. The quantitative estimate of drug-likeness (QED) is 0.645. The fourth-order valence-corrected chi connectivity index (χ4v) is 2.59. The third kappa shape index (κ3) is 3.15. The van der Waals surface area contributed by atoms with Crippen LogP contribution in [-0.2, 0) is 0 Å². The predicted octanol–water partition coefficient (Wildman–Crippen LogP) is 4.60. The van der Waals surface area contributed by atoms with Crippen LogP contribution >= 0.6 is 0 Å².